The quantitative estimate of drug-likeness (QED) is 0.117. The average Bonchev–Trinajstić information content (AvgIpc) is 3.48. The summed E-state index contributed by atoms with van der Waals surface area (Å²) in [6.07, 6.45) is 12.2. The van der Waals surface area contributed by atoms with Crippen molar-refractivity contribution in [3.63, 3.8) is 0 Å². The van der Waals surface area contributed by atoms with Crippen molar-refractivity contribution in [2.24, 2.45) is 20.4 Å². The number of fused-ring (bicyclic) bond motifs is 3. The van der Waals surface area contributed by atoms with Crippen LogP contribution in [0.15, 0.2) is 110 Å². The molecule has 1 heterocycles. The van der Waals surface area contributed by atoms with E-state index in [1.807, 2.05) is 0 Å². The Morgan fingerprint density at radius 2 is 1.30 bits per heavy atom. The van der Waals surface area contributed by atoms with E-state index in [-0.39, 0.29) is 38.4 Å². The molecule has 17 nitrogen and oxygen atoms in total. The summed E-state index contributed by atoms with van der Waals surface area (Å²) in [6.45, 7) is 0. The van der Waals surface area contributed by atoms with Crippen LogP contribution >= 0.6 is 0 Å². The van der Waals surface area contributed by atoms with Crippen LogP contribution in [0.25, 0.3) is 22.8 Å². The fourth-order valence-corrected chi connectivity index (χ4v) is 5.53. The predicted octanol–water partition coefficient (Wildman–Crippen LogP) is 3.00. The van der Waals surface area contributed by atoms with Gasteiger partial charge in [-0.05, 0) is 78.9 Å². The molecule has 6 rings (SSSR count). The Labute approximate surface area is 264 Å². The van der Waals surface area contributed by atoms with Gasteiger partial charge in [0, 0.05) is 23.3 Å². The Hall–Kier alpha value is -5.86. The number of rotatable bonds is 5. The Morgan fingerprint density at radius 3 is 1.83 bits per heavy atom. The highest BCUT2D eigenvalue weighted by molar-refractivity contribution is 7.92. The van der Waals surface area contributed by atoms with Gasteiger partial charge in [0.05, 0.1) is 32.6 Å². The fraction of sp³-hybridized carbons (Fsp3) is 0. The number of nitrogens with zero attached hydrogens (tertiary/aromatic N) is 8. The molecule has 0 saturated carbocycles. The lowest BCUT2D eigenvalue weighted by Gasteiger charge is -2.15. The number of ketones is 1. The summed E-state index contributed by atoms with van der Waals surface area (Å²) in [5.41, 5.74) is 1.02. The summed E-state index contributed by atoms with van der Waals surface area (Å²) < 4.78 is 64.4. The number of carbonyl (C=O) groups excluding carboxylic acids is 1. The first kappa shape index (κ1) is 31.1. The summed E-state index contributed by atoms with van der Waals surface area (Å²) in [5, 5.41) is 35.5. The zero-order valence-electron chi connectivity index (χ0n) is 23.3. The van der Waals surface area contributed by atoms with Gasteiger partial charge in [0.1, 0.15) is 15.9 Å². The molecule has 0 spiro atoms. The number of allylic oxidation sites excluding steroid dienone is 9. The van der Waals surface area contributed by atoms with Gasteiger partial charge >= 0.3 is 0 Å². The second-order valence-electron chi connectivity index (χ2n) is 9.73. The Kier molecular flexibility index (Phi) is 7.83. The molecule has 3 N–H and O–H groups in total. The molecule has 236 valence electrons. The molecule has 0 saturated heterocycles. The third-order valence-electron chi connectivity index (χ3n) is 6.67. The lowest BCUT2D eigenvalue weighted by molar-refractivity contribution is -0.384. The predicted molar refractivity (Wildman–Crippen MR) is 174 cm³/mol. The second-order valence-corrected chi connectivity index (χ2v) is 12.6. The second kappa shape index (κ2) is 11.8. The van der Waals surface area contributed by atoms with Gasteiger partial charge in [-0.25, -0.2) is 4.21 Å². The normalized spacial score (nSPS) is 17.0. The highest BCUT2D eigenvalue weighted by atomic mass is 32.2. The van der Waals surface area contributed by atoms with Crippen molar-refractivity contribution >= 4 is 76.5 Å². The van der Waals surface area contributed by atoms with Crippen LogP contribution in [0.3, 0.4) is 0 Å². The molecule has 19 heteroatoms. The SMILES string of the molecule is O=C1C(=NN=C2C=CC(=NN=C3C=CC(=S(=O)(O)O)C=C3)C=C2)C(S(=O)(=O)O)=Cc2c1ccc1nn(-c3ccc([N+](=O)[O-])cc3)nc21. The molecule has 0 bridgehead atoms. The lowest BCUT2D eigenvalue weighted by Crippen LogP contribution is -2.26. The first-order chi connectivity index (χ1) is 22.3. The van der Waals surface area contributed by atoms with Gasteiger partial charge in [-0.2, -0.15) is 28.5 Å². The highest BCUT2D eigenvalue weighted by Gasteiger charge is 2.34. The molecule has 0 radical (unpaired) electrons. The summed E-state index contributed by atoms with van der Waals surface area (Å²) in [4.78, 5) is 24.1. The molecule has 0 fully saturated rings. The van der Waals surface area contributed by atoms with Crippen LogP contribution in [0.1, 0.15) is 15.9 Å². The molecular weight excluding hydrogens is 656 g/mol. The first-order valence-corrected chi connectivity index (χ1v) is 16.0. The lowest BCUT2D eigenvalue weighted by atomic mass is 9.93. The van der Waals surface area contributed by atoms with Crippen molar-refractivity contribution in [3.05, 3.63) is 111 Å². The molecule has 0 unspecified atom stereocenters. The Balaban J connectivity index is 1.29. The van der Waals surface area contributed by atoms with E-state index in [0.29, 0.717) is 17.1 Å². The number of hydrogen-bond donors (Lipinski definition) is 3. The number of benzene rings is 2. The Morgan fingerprint density at radius 1 is 0.745 bits per heavy atom. The van der Waals surface area contributed by atoms with Crippen LogP contribution < -0.4 is 0 Å². The smallest absolute Gasteiger partial charge is 0.293 e. The summed E-state index contributed by atoms with van der Waals surface area (Å²) in [6, 6.07) is 8.26. The monoisotopic (exact) mass is 674 g/mol. The van der Waals surface area contributed by atoms with Gasteiger partial charge in [-0.3, -0.25) is 28.6 Å². The number of Topliss-reactive ketones (excluding diaryl/α,β-unsaturated/α-hetero) is 1. The standard InChI is InChI=1S/C28H18N8O9S2/c37-28-22-13-14-24-26(34-35(33-24)19-7-9-20(10-8-19)36(38)39)23(22)15-25(47(43,44)45)27(28)32-31-17-3-1-16(2-4-17)29-30-18-5-11-21(12-6-18)46(40,41)42/h1-15H,(H2,40,41,42)(H,43,44,45). The first-order valence-electron chi connectivity index (χ1n) is 13.1. The van der Waals surface area contributed by atoms with E-state index in [1.165, 1.54) is 89.8 Å². The number of nitro groups is 1. The molecule has 3 aromatic rings. The van der Waals surface area contributed by atoms with E-state index in [0.717, 1.165) is 6.08 Å². The van der Waals surface area contributed by atoms with Gasteiger partial charge in [-0.15, -0.1) is 15.3 Å². The number of nitro benzene ring substituents is 1. The van der Waals surface area contributed by atoms with E-state index in [2.05, 4.69) is 30.6 Å². The highest BCUT2D eigenvalue weighted by Crippen LogP contribution is 2.31. The minimum Gasteiger partial charge on any atom is -0.293 e. The maximum Gasteiger partial charge on any atom is 0.296 e. The third-order valence-corrected chi connectivity index (χ3v) is 8.42. The minimum atomic E-state index is -4.97. The van der Waals surface area contributed by atoms with Crippen LogP contribution in [0.5, 0.6) is 0 Å². The van der Waals surface area contributed by atoms with Crippen molar-refractivity contribution in [3.8, 4) is 5.69 Å². The van der Waals surface area contributed by atoms with Gasteiger partial charge < -0.3 is 0 Å². The van der Waals surface area contributed by atoms with Crippen molar-refractivity contribution in [1.29, 1.82) is 0 Å². The van der Waals surface area contributed by atoms with Crippen LogP contribution in [0.4, 0.5) is 5.69 Å². The molecular formula is C28H18N8O9S2. The zero-order chi connectivity index (χ0) is 33.5. The number of hydrogen-bond acceptors (Lipinski definition) is 12. The number of aromatic nitrogens is 3. The molecule has 2 aromatic carbocycles. The van der Waals surface area contributed by atoms with Crippen molar-refractivity contribution < 1.29 is 36.0 Å². The van der Waals surface area contributed by atoms with E-state index in [9.17, 15) is 41.2 Å². The van der Waals surface area contributed by atoms with Crippen LogP contribution in [0, 0.1) is 10.1 Å². The number of non-ortho nitro benzene ring substituents is 1. The molecule has 0 amide bonds. The molecule has 47 heavy (non-hydrogen) atoms. The van der Waals surface area contributed by atoms with Gasteiger partial charge in [0.2, 0.25) is 15.9 Å². The van der Waals surface area contributed by atoms with Crippen LogP contribution in [0.2, 0.25) is 0 Å². The molecule has 1 aromatic heterocycles. The summed E-state index contributed by atoms with van der Waals surface area (Å²) in [7, 11) is -9.07. The van der Waals surface area contributed by atoms with Crippen molar-refractivity contribution in [2.45, 2.75) is 0 Å². The average molecular weight is 675 g/mol. The third kappa shape index (κ3) is 6.45. The fourth-order valence-electron chi connectivity index (χ4n) is 4.40. The van der Waals surface area contributed by atoms with E-state index in [4.69, 9.17) is 0 Å². The van der Waals surface area contributed by atoms with Crippen LogP contribution in [-0.2, 0) is 20.2 Å². The van der Waals surface area contributed by atoms with E-state index < -0.39 is 41.5 Å². The van der Waals surface area contributed by atoms with Gasteiger partial charge in [0.15, 0.2) is 5.71 Å². The molecule has 3 aliphatic rings. The maximum absolute atomic E-state index is 13.5. The van der Waals surface area contributed by atoms with Crippen LogP contribution in [-0.4, -0.2) is 79.7 Å². The summed E-state index contributed by atoms with van der Waals surface area (Å²) >= 11 is 0. The molecule has 0 atom stereocenters. The van der Waals surface area contributed by atoms with E-state index in [1.54, 1.807) is 0 Å². The topological polar surface area (TPSA) is 252 Å². The minimum absolute atomic E-state index is 0.0266. The largest absolute Gasteiger partial charge is 0.296 e. The van der Waals surface area contributed by atoms with E-state index >= 15 is 0 Å². The molecule has 3 aliphatic carbocycles. The van der Waals surface area contributed by atoms with Gasteiger partial charge in [-0.1, -0.05) is 0 Å². The van der Waals surface area contributed by atoms with Crippen molar-refractivity contribution in [1.82, 2.24) is 15.0 Å². The molecule has 0 aliphatic heterocycles. The Bertz CT molecular complexity index is 2390. The maximum atomic E-state index is 13.5. The number of carbonyl (C=O) groups is 1. The zero-order valence-corrected chi connectivity index (χ0v) is 25.0. The van der Waals surface area contributed by atoms with Gasteiger partial charge in [0.25, 0.3) is 15.8 Å². The summed E-state index contributed by atoms with van der Waals surface area (Å²) in [5.74, 6) is -0.847. The van der Waals surface area contributed by atoms with Crippen molar-refractivity contribution in [2.75, 3.05) is 0 Å².